The molecule has 2 aliphatic rings. The Kier molecular flexibility index (Phi) is 2.38. The molecule has 3 rings (SSSR count). The van der Waals surface area contributed by atoms with Crippen molar-refractivity contribution in [2.24, 2.45) is 5.41 Å². The van der Waals surface area contributed by atoms with Gasteiger partial charge in [-0.25, -0.2) is 0 Å². The lowest BCUT2D eigenvalue weighted by atomic mass is 9.73. The van der Waals surface area contributed by atoms with Crippen LogP contribution >= 0.6 is 0 Å². The summed E-state index contributed by atoms with van der Waals surface area (Å²) in [4.78, 5) is 12.1. The van der Waals surface area contributed by atoms with E-state index in [1.165, 1.54) is 10.6 Å². The lowest BCUT2D eigenvalue weighted by Gasteiger charge is -2.49. The second-order valence-electron chi connectivity index (χ2n) is 5.10. The van der Waals surface area contributed by atoms with Crippen molar-refractivity contribution in [2.45, 2.75) is 6.42 Å². The predicted octanol–water partition coefficient (Wildman–Crippen LogP) is 0.658. The van der Waals surface area contributed by atoms with Crippen molar-refractivity contribution in [3.63, 3.8) is 0 Å². The maximum atomic E-state index is 12.1. The third-order valence-corrected chi connectivity index (χ3v) is 4.90. The number of hydrogen-bond donors (Lipinski definition) is 1. The SMILES string of the molecule is C[S+](=O)([O-])N1CC2(Cc3ccccc3NC2=O)C1. The number of carbonyl (C=O) groups excluding carboxylic acids is 1. The molecule has 1 saturated heterocycles. The summed E-state index contributed by atoms with van der Waals surface area (Å²) in [7, 11) is -3.19. The van der Waals surface area contributed by atoms with Crippen molar-refractivity contribution >= 4 is 22.0 Å². The van der Waals surface area contributed by atoms with Gasteiger partial charge in [0.25, 0.3) is 0 Å². The molecule has 96 valence electrons. The minimum atomic E-state index is -3.19. The summed E-state index contributed by atoms with van der Waals surface area (Å²) >= 11 is 0. The molecule has 0 radical (unpaired) electrons. The summed E-state index contributed by atoms with van der Waals surface area (Å²) in [5, 5.41) is 2.86. The standard InChI is InChI=1S/C12H14N2O3S/c1-18(16,17)14-7-12(8-14)6-9-4-2-3-5-10(9)13-11(12)15/h2-5H,6-8H2,1H3,(H-,13,15,16,17). The van der Waals surface area contributed by atoms with E-state index >= 15 is 0 Å². The number of sulfonamides is 1. The van der Waals surface area contributed by atoms with Crippen LogP contribution in [-0.2, 0) is 25.8 Å². The van der Waals surface area contributed by atoms with Crippen LogP contribution in [0.15, 0.2) is 24.3 Å². The maximum Gasteiger partial charge on any atom is 0.233 e. The molecule has 1 aromatic rings. The molecule has 1 amide bonds. The van der Waals surface area contributed by atoms with Gasteiger partial charge in [-0.1, -0.05) is 22.4 Å². The Bertz CT molecular complexity index is 560. The molecule has 5 nitrogen and oxygen atoms in total. The van der Waals surface area contributed by atoms with E-state index in [1.807, 2.05) is 24.3 Å². The number of hydrogen-bond acceptors (Lipinski definition) is 3. The largest absolute Gasteiger partial charge is 0.598 e. The molecule has 0 bridgehead atoms. The van der Waals surface area contributed by atoms with Crippen LogP contribution in [0.2, 0.25) is 0 Å². The molecule has 6 heteroatoms. The second kappa shape index (κ2) is 3.63. The van der Waals surface area contributed by atoms with Crippen LogP contribution < -0.4 is 5.32 Å². The first-order chi connectivity index (χ1) is 8.41. The number of benzene rings is 1. The predicted molar refractivity (Wildman–Crippen MR) is 67.5 cm³/mol. The van der Waals surface area contributed by atoms with Gasteiger partial charge >= 0.3 is 0 Å². The first-order valence-electron chi connectivity index (χ1n) is 5.75. The molecule has 2 aliphatic heterocycles. The number of fused-ring (bicyclic) bond motifs is 1. The summed E-state index contributed by atoms with van der Waals surface area (Å²) < 4.78 is 24.1. The minimum Gasteiger partial charge on any atom is -0.598 e. The molecule has 18 heavy (non-hydrogen) atoms. The van der Waals surface area contributed by atoms with Crippen molar-refractivity contribution in [3.05, 3.63) is 29.8 Å². The van der Waals surface area contributed by atoms with Crippen LogP contribution in [0.3, 0.4) is 0 Å². The summed E-state index contributed by atoms with van der Waals surface area (Å²) in [6, 6.07) is 7.64. The lowest BCUT2D eigenvalue weighted by molar-refractivity contribution is -0.132. The van der Waals surface area contributed by atoms with Gasteiger partial charge in [0.1, 0.15) is 16.7 Å². The fourth-order valence-corrected chi connectivity index (χ4v) is 3.58. The van der Waals surface area contributed by atoms with E-state index < -0.39 is 15.8 Å². The summed E-state index contributed by atoms with van der Waals surface area (Å²) in [6.07, 6.45) is 1.79. The highest BCUT2D eigenvalue weighted by molar-refractivity contribution is 7.94. The molecule has 1 N–H and O–H groups in total. The monoisotopic (exact) mass is 266 g/mol. The Morgan fingerprint density at radius 3 is 2.72 bits per heavy atom. The van der Waals surface area contributed by atoms with Gasteiger partial charge in [-0.15, -0.1) is 4.31 Å². The molecule has 0 aromatic heterocycles. The van der Waals surface area contributed by atoms with E-state index in [0.717, 1.165) is 11.3 Å². The number of anilines is 1. The third kappa shape index (κ3) is 1.68. The number of para-hydroxylation sites is 1. The van der Waals surface area contributed by atoms with Crippen molar-refractivity contribution < 1.29 is 13.6 Å². The average Bonchev–Trinajstić information content (AvgIpc) is 2.23. The Balaban J connectivity index is 1.86. The highest BCUT2D eigenvalue weighted by atomic mass is 32.3. The fraction of sp³-hybridized carbons (Fsp3) is 0.417. The summed E-state index contributed by atoms with van der Waals surface area (Å²) in [5.41, 5.74) is 1.34. The van der Waals surface area contributed by atoms with Crippen molar-refractivity contribution in [1.29, 1.82) is 0 Å². The molecule has 1 unspecified atom stereocenters. The zero-order chi connectivity index (χ0) is 13.0. The van der Waals surface area contributed by atoms with Crippen molar-refractivity contribution in [2.75, 3.05) is 24.7 Å². The third-order valence-electron chi connectivity index (χ3n) is 3.70. The normalized spacial score (nSPS) is 24.9. The fourth-order valence-electron chi connectivity index (χ4n) is 2.61. The van der Waals surface area contributed by atoms with E-state index in [2.05, 4.69) is 5.32 Å². The number of carbonyl (C=O) groups is 1. The van der Waals surface area contributed by atoms with E-state index in [0.29, 0.717) is 6.42 Å². The van der Waals surface area contributed by atoms with Gasteiger partial charge < -0.3 is 9.87 Å². The first-order valence-corrected chi connectivity index (χ1v) is 7.60. The second-order valence-corrected chi connectivity index (χ2v) is 7.08. The number of amides is 1. The number of nitrogens with zero attached hydrogens (tertiary/aromatic N) is 1. The molecular weight excluding hydrogens is 252 g/mol. The topological polar surface area (TPSA) is 72.5 Å². The highest BCUT2D eigenvalue weighted by Gasteiger charge is 2.56. The van der Waals surface area contributed by atoms with Gasteiger partial charge in [-0.05, 0) is 18.1 Å². The van der Waals surface area contributed by atoms with E-state index in [9.17, 15) is 13.6 Å². The Morgan fingerprint density at radius 1 is 1.39 bits per heavy atom. The van der Waals surface area contributed by atoms with Gasteiger partial charge in [0.2, 0.25) is 5.91 Å². The molecule has 2 heterocycles. The summed E-state index contributed by atoms with van der Waals surface area (Å²) in [5.74, 6) is -0.0684. The van der Waals surface area contributed by atoms with Crippen LogP contribution in [0.1, 0.15) is 5.56 Å². The minimum absolute atomic E-state index is 0.0684. The van der Waals surface area contributed by atoms with Gasteiger partial charge in [-0.2, -0.15) is 0 Å². The Hall–Kier alpha value is -1.24. The van der Waals surface area contributed by atoms with E-state index in [4.69, 9.17) is 0 Å². The molecule has 1 spiro atoms. The maximum absolute atomic E-state index is 12.1. The van der Waals surface area contributed by atoms with Crippen molar-refractivity contribution in [1.82, 2.24) is 4.31 Å². The molecule has 1 atom stereocenters. The van der Waals surface area contributed by atoms with Gasteiger partial charge in [-0.3, -0.25) is 4.79 Å². The van der Waals surface area contributed by atoms with Gasteiger partial charge in [0, 0.05) is 5.69 Å². The molecule has 0 aliphatic carbocycles. The van der Waals surface area contributed by atoms with Crippen LogP contribution in [-0.4, -0.2) is 34.1 Å². The molecule has 1 aromatic carbocycles. The van der Waals surface area contributed by atoms with Crippen LogP contribution in [0.25, 0.3) is 0 Å². The molecule has 0 saturated carbocycles. The number of rotatable bonds is 1. The smallest absolute Gasteiger partial charge is 0.233 e. The van der Waals surface area contributed by atoms with Gasteiger partial charge in [0.05, 0.1) is 18.5 Å². The lowest BCUT2D eigenvalue weighted by Crippen LogP contribution is -2.66. The Labute approximate surface area is 107 Å². The van der Waals surface area contributed by atoms with Crippen molar-refractivity contribution in [3.8, 4) is 0 Å². The van der Waals surface area contributed by atoms with Crippen LogP contribution in [0, 0.1) is 5.41 Å². The molecular formula is C12H14N2O3S. The quantitative estimate of drug-likeness (QED) is 0.759. The van der Waals surface area contributed by atoms with E-state index in [-0.39, 0.29) is 19.0 Å². The van der Waals surface area contributed by atoms with E-state index in [1.54, 1.807) is 0 Å². The number of nitrogens with one attached hydrogen (secondary N) is 1. The van der Waals surface area contributed by atoms with Crippen LogP contribution in [0.4, 0.5) is 5.69 Å². The Morgan fingerprint density at radius 2 is 2.06 bits per heavy atom. The first kappa shape index (κ1) is 11.8. The highest BCUT2D eigenvalue weighted by Crippen LogP contribution is 2.42. The summed E-state index contributed by atoms with van der Waals surface area (Å²) in [6.45, 7) is 0.567. The van der Waals surface area contributed by atoms with Gasteiger partial charge in [0.15, 0.2) is 0 Å². The molecule has 1 fully saturated rings. The van der Waals surface area contributed by atoms with Crippen LogP contribution in [0.5, 0.6) is 0 Å². The zero-order valence-electron chi connectivity index (χ0n) is 10.0. The average molecular weight is 266 g/mol. The zero-order valence-corrected chi connectivity index (χ0v) is 10.8.